The molecule has 3 aliphatic rings. The van der Waals surface area contributed by atoms with Crippen LogP contribution in [0.4, 0.5) is 0 Å². The van der Waals surface area contributed by atoms with Crippen molar-refractivity contribution in [1.82, 2.24) is 9.21 Å². The molecule has 0 radical (unpaired) electrons. The molecule has 2 aliphatic heterocycles. The summed E-state index contributed by atoms with van der Waals surface area (Å²) in [7, 11) is -4.16. The molecule has 5 rings (SSSR count). The third kappa shape index (κ3) is 3.49. The summed E-state index contributed by atoms with van der Waals surface area (Å²) < 4.78 is 29.2. The molecule has 32 heavy (non-hydrogen) atoms. The highest BCUT2D eigenvalue weighted by Crippen LogP contribution is 2.35. The number of nitrogens with zero attached hydrogens (tertiary/aromatic N) is 2. The third-order valence-corrected chi connectivity index (χ3v) is 8.55. The number of fused-ring (bicyclic) bond motifs is 2. The predicted octanol–water partition coefficient (Wildman–Crippen LogP) is 3.54. The molecule has 0 bridgehead atoms. The van der Waals surface area contributed by atoms with Gasteiger partial charge in [-0.1, -0.05) is 61.4 Å². The minimum absolute atomic E-state index is 0.0643. The van der Waals surface area contributed by atoms with Crippen LogP contribution in [-0.2, 0) is 23.0 Å². The average molecular weight is 451 g/mol. The maximum atomic E-state index is 13.9. The van der Waals surface area contributed by atoms with Gasteiger partial charge in [0.2, 0.25) is 21.6 Å². The minimum Gasteiger partial charge on any atom is -0.367 e. The van der Waals surface area contributed by atoms with Crippen molar-refractivity contribution in [2.45, 2.75) is 38.6 Å². The Kier molecular flexibility index (Phi) is 5.47. The fourth-order valence-electron chi connectivity index (χ4n) is 4.96. The van der Waals surface area contributed by atoms with Crippen LogP contribution in [0.5, 0.6) is 0 Å². The van der Waals surface area contributed by atoms with Crippen molar-refractivity contribution in [3.8, 4) is 0 Å². The first-order valence-corrected chi connectivity index (χ1v) is 12.7. The Labute approximate surface area is 188 Å². The van der Waals surface area contributed by atoms with Crippen molar-refractivity contribution in [3.05, 3.63) is 81.4 Å². The number of carbonyl (C=O) groups is 2. The van der Waals surface area contributed by atoms with Gasteiger partial charge >= 0.3 is 0 Å². The molecule has 0 unspecified atom stereocenters. The van der Waals surface area contributed by atoms with Gasteiger partial charge in [0, 0.05) is 37.3 Å². The lowest BCUT2D eigenvalue weighted by atomic mass is 9.91. The second-order valence-electron chi connectivity index (χ2n) is 8.64. The molecule has 1 fully saturated rings. The van der Waals surface area contributed by atoms with Crippen LogP contribution in [0.15, 0.2) is 59.1 Å². The van der Waals surface area contributed by atoms with E-state index in [1.807, 2.05) is 29.2 Å². The van der Waals surface area contributed by atoms with Gasteiger partial charge in [0.15, 0.2) is 4.91 Å². The molecule has 7 heteroatoms. The van der Waals surface area contributed by atoms with E-state index in [9.17, 15) is 18.0 Å². The maximum absolute atomic E-state index is 13.9. The summed E-state index contributed by atoms with van der Waals surface area (Å²) in [6.45, 7) is 1.66. The monoisotopic (exact) mass is 450 g/mol. The second-order valence-corrected chi connectivity index (χ2v) is 10.5. The van der Waals surface area contributed by atoms with Crippen molar-refractivity contribution in [3.63, 3.8) is 0 Å². The first kappa shape index (κ1) is 21.1. The number of hydrogen-bond donors (Lipinski definition) is 0. The quantitative estimate of drug-likeness (QED) is 0.715. The van der Waals surface area contributed by atoms with Gasteiger partial charge in [-0.15, -0.1) is 0 Å². The zero-order valence-electron chi connectivity index (χ0n) is 17.9. The topological polar surface area (TPSA) is 74.8 Å². The molecular formula is C25H26N2O4S. The average Bonchev–Trinajstić information content (AvgIpc) is 3.10. The van der Waals surface area contributed by atoms with E-state index in [0.717, 1.165) is 36.8 Å². The van der Waals surface area contributed by atoms with Gasteiger partial charge < -0.3 is 4.90 Å². The van der Waals surface area contributed by atoms with E-state index in [1.165, 1.54) is 4.31 Å². The lowest BCUT2D eigenvalue weighted by Crippen LogP contribution is -2.43. The Hall–Kier alpha value is -2.77. The Morgan fingerprint density at radius 1 is 0.688 bits per heavy atom. The van der Waals surface area contributed by atoms with Crippen molar-refractivity contribution in [2.75, 3.05) is 19.6 Å². The van der Waals surface area contributed by atoms with Crippen LogP contribution < -0.4 is 0 Å². The number of Topliss-reactive ketones (excluding diaryl/α,β-unsaturated/α-hetero) is 2. The van der Waals surface area contributed by atoms with Gasteiger partial charge in [-0.3, -0.25) is 9.59 Å². The molecule has 1 saturated heterocycles. The molecule has 2 aromatic carbocycles. The van der Waals surface area contributed by atoms with Crippen molar-refractivity contribution in [1.29, 1.82) is 0 Å². The summed E-state index contributed by atoms with van der Waals surface area (Å²) in [6, 6.07) is 14.3. The number of allylic oxidation sites excluding steroid dienone is 2. The van der Waals surface area contributed by atoms with E-state index < -0.39 is 15.8 Å². The summed E-state index contributed by atoms with van der Waals surface area (Å²) in [6.07, 6.45) is 4.40. The van der Waals surface area contributed by atoms with E-state index >= 15 is 0 Å². The van der Waals surface area contributed by atoms with Crippen molar-refractivity contribution >= 4 is 21.6 Å². The SMILES string of the molecule is O=C1C(N2CCCCCC2)=C(S(=O)(=O)N2CCc3ccccc3C2)C(=O)c2ccccc21. The highest BCUT2D eigenvalue weighted by molar-refractivity contribution is 7.94. The summed E-state index contributed by atoms with van der Waals surface area (Å²) in [5.41, 5.74) is 2.59. The van der Waals surface area contributed by atoms with Gasteiger partial charge in [-0.2, -0.15) is 4.31 Å². The van der Waals surface area contributed by atoms with Crippen LogP contribution in [0.2, 0.25) is 0 Å². The van der Waals surface area contributed by atoms with E-state index in [-0.39, 0.29) is 28.5 Å². The fourth-order valence-corrected chi connectivity index (χ4v) is 6.67. The van der Waals surface area contributed by atoms with E-state index in [4.69, 9.17) is 0 Å². The van der Waals surface area contributed by atoms with Crippen LogP contribution in [0.3, 0.4) is 0 Å². The van der Waals surface area contributed by atoms with Gasteiger partial charge in [0.05, 0.1) is 0 Å². The lowest BCUT2D eigenvalue weighted by molar-refractivity contribution is 0.0946. The second kappa shape index (κ2) is 8.30. The van der Waals surface area contributed by atoms with Crippen LogP contribution in [-0.4, -0.2) is 48.8 Å². The molecule has 0 N–H and O–H groups in total. The molecule has 0 saturated carbocycles. The molecule has 0 spiro atoms. The predicted molar refractivity (Wildman–Crippen MR) is 122 cm³/mol. The van der Waals surface area contributed by atoms with Crippen molar-refractivity contribution in [2.24, 2.45) is 0 Å². The minimum atomic E-state index is -4.16. The molecule has 166 valence electrons. The number of hydrogen-bond acceptors (Lipinski definition) is 5. The van der Waals surface area contributed by atoms with Crippen molar-refractivity contribution < 1.29 is 18.0 Å². The van der Waals surface area contributed by atoms with Gasteiger partial charge in [0.25, 0.3) is 0 Å². The first-order chi connectivity index (χ1) is 15.5. The smallest absolute Gasteiger partial charge is 0.249 e. The standard InChI is InChI=1S/C25H26N2O4S/c28-23-20-11-5-6-12-21(20)24(29)25(22(23)26-14-7-1-2-8-15-26)32(30,31)27-16-13-18-9-3-4-10-19(18)17-27/h3-6,9-12H,1-2,7-8,13-17H2. The van der Waals surface area contributed by atoms with Crippen LogP contribution in [0.25, 0.3) is 0 Å². The highest BCUT2D eigenvalue weighted by Gasteiger charge is 2.44. The lowest BCUT2D eigenvalue weighted by Gasteiger charge is -2.33. The molecule has 0 aromatic heterocycles. The molecule has 2 heterocycles. The molecule has 6 nitrogen and oxygen atoms in total. The number of rotatable bonds is 3. The van der Waals surface area contributed by atoms with Gasteiger partial charge in [0.1, 0.15) is 5.70 Å². The number of ketones is 2. The molecule has 2 aromatic rings. The zero-order valence-corrected chi connectivity index (χ0v) is 18.7. The Balaban J connectivity index is 1.64. The first-order valence-electron chi connectivity index (χ1n) is 11.2. The normalized spacial score (nSPS) is 20.1. The molecular weight excluding hydrogens is 424 g/mol. The van der Waals surface area contributed by atoms with E-state index in [1.54, 1.807) is 24.3 Å². The summed E-state index contributed by atoms with van der Waals surface area (Å²) >= 11 is 0. The largest absolute Gasteiger partial charge is 0.367 e. The number of benzene rings is 2. The number of likely N-dealkylation sites (tertiary alicyclic amines) is 1. The Morgan fingerprint density at radius 2 is 1.28 bits per heavy atom. The summed E-state index contributed by atoms with van der Waals surface area (Å²) in [4.78, 5) is 28.7. The van der Waals surface area contributed by atoms with Crippen LogP contribution in [0.1, 0.15) is 57.5 Å². The van der Waals surface area contributed by atoms with E-state index in [0.29, 0.717) is 31.6 Å². The molecule has 0 atom stereocenters. The van der Waals surface area contributed by atoms with Crippen LogP contribution in [0, 0.1) is 0 Å². The summed E-state index contributed by atoms with van der Waals surface area (Å²) in [5.74, 6) is -0.934. The Morgan fingerprint density at radius 3 is 1.97 bits per heavy atom. The number of sulfonamides is 1. The van der Waals surface area contributed by atoms with Gasteiger partial charge in [-0.05, 0) is 30.4 Å². The Bertz CT molecular complexity index is 1220. The van der Waals surface area contributed by atoms with E-state index in [2.05, 4.69) is 0 Å². The fraction of sp³-hybridized carbons (Fsp3) is 0.360. The highest BCUT2D eigenvalue weighted by atomic mass is 32.2. The van der Waals surface area contributed by atoms with Crippen LogP contribution >= 0.6 is 0 Å². The zero-order chi connectivity index (χ0) is 22.3. The molecule has 0 amide bonds. The summed E-state index contributed by atoms with van der Waals surface area (Å²) in [5, 5.41) is 0. The van der Waals surface area contributed by atoms with Gasteiger partial charge in [-0.25, -0.2) is 8.42 Å². The number of carbonyl (C=O) groups excluding carboxylic acids is 2. The third-order valence-electron chi connectivity index (χ3n) is 6.67. The maximum Gasteiger partial charge on any atom is 0.249 e. The molecule has 1 aliphatic carbocycles.